The molecule has 1 aliphatic rings. The fourth-order valence-electron chi connectivity index (χ4n) is 2.59. The van der Waals surface area contributed by atoms with Gasteiger partial charge in [-0.1, -0.05) is 18.9 Å². The highest BCUT2D eigenvalue weighted by Crippen LogP contribution is 2.17. The van der Waals surface area contributed by atoms with Crippen molar-refractivity contribution >= 4 is 0 Å². The van der Waals surface area contributed by atoms with E-state index in [2.05, 4.69) is 5.32 Å². The van der Waals surface area contributed by atoms with E-state index in [0.29, 0.717) is 6.04 Å². The van der Waals surface area contributed by atoms with Crippen molar-refractivity contribution in [2.75, 3.05) is 6.54 Å². The molecule has 0 saturated heterocycles. The number of hydrogen-bond acceptors (Lipinski definition) is 1. The second kappa shape index (κ2) is 6.83. The first-order valence-corrected chi connectivity index (χ1v) is 6.93. The van der Waals surface area contributed by atoms with Gasteiger partial charge >= 0.3 is 0 Å². The average Bonchev–Trinajstić information content (AvgIpc) is 2.86. The summed E-state index contributed by atoms with van der Waals surface area (Å²) in [5.41, 5.74) is 0.884. The third-order valence-electron chi connectivity index (χ3n) is 3.66. The van der Waals surface area contributed by atoms with E-state index in [4.69, 9.17) is 0 Å². The van der Waals surface area contributed by atoms with Crippen molar-refractivity contribution in [1.82, 2.24) is 5.32 Å². The van der Waals surface area contributed by atoms with E-state index in [1.54, 1.807) is 6.07 Å². The zero-order valence-corrected chi connectivity index (χ0v) is 10.7. The van der Waals surface area contributed by atoms with Crippen molar-refractivity contribution < 1.29 is 8.78 Å². The number of benzene rings is 1. The molecule has 1 aromatic carbocycles. The van der Waals surface area contributed by atoms with Crippen molar-refractivity contribution in [3.63, 3.8) is 0 Å². The average molecular weight is 253 g/mol. The molecule has 3 heteroatoms. The predicted octanol–water partition coefficient (Wildman–Crippen LogP) is 3.82. The van der Waals surface area contributed by atoms with Gasteiger partial charge in [0, 0.05) is 6.04 Å². The molecule has 0 amide bonds. The van der Waals surface area contributed by atoms with Gasteiger partial charge in [-0.2, -0.15) is 0 Å². The topological polar surface area (TPSA) is 12.0 Å². The Morgan fingerprint density at radius 3 is 2.56 bits per heavy atom. The van der Waals surface area contributed by atoms with Crippen LogP contribution in [0.5, 0.6) is 0 Å². The lowest BCUT2D eigenvalue weighted by atomic mass is 10.1. The summed E-state index contributed by atoms with van der Waals surface area (Å²) >= 11 is 0. The Morgan fingerprint density at radius 2 is 1.83 bits per heavy atom. The van der Waals surface area contributed by atoms with E-state index in [0.717, 1.165) is 31.4 Å². The normalized spacial score (nSPS) is 16.3. The van der Waals surface area contributed by atoms with Gasteiger partial charge in [0.05, 0.1) is 0 Å². The fraction of sp³-hybridized carbons (Fsp3) is 0.600. The standard InChI is InChI=1S/C15H21F2N/c16-14-9-8-12(11-15(14)17)5-3-4-10-18-13-6-1-2-7-13/h8-9,11,13,18H,1-7,10H2. The van der Waals surface area contributed by atoms with E-state index in [1.165, 1.54) is 37.8 Å². The van der Waals surface area contributed by atoms with Gasteiger partial charge in [-0.15, -0.1) is 0 Å². The Kier molecular flexibility index (Phi) is 5.12. The Hall–Kier alpha value is -0.960. The SMILES string of the molecule is Fc1ccc(CCCCNC2CCCC2)cc1F. The largest absolute Gasteiger partial charge is 0.314 e. The summed E-state index contributed by atoms with van der Waals surface area (Å²) in [6.07, 6.45) is 8.26. The maximum atomic E-state index is 13.0. The van der Waals surface area contributed by atoms with Crippen molar-refractivity contribution in [2.24, 2.45) is 0 Å². The second-order valence-electron chi connectivity index (χ2n) is 5.14. The molecule has 1 fully saturated rings. The molecule has 0 spiro atoms. The van der Waals surface area contributed by atoms with E-state index in [9.17, 15) is 8.78 Å². The van der Waals surface area contributed by atoms with Crippen LogP contribution in [-0.2, 0) is 6.42 Å². The Balaban J connectivity index is 1.61. The summed E-state index contributed by atoms with van der Waals surface area (Å²) in [6.45, 7) is 1.04. The van der Waals surface area contributed by atoms with Crippen LogP contribution in [0.2, 0.25) is 0 Å². The van der Waals surface area contributed by atoms with Crippen molar-refractivity contribution in [3.8, 4) is 0 Å². The molecule has 1 aromatic rings. The Bertz CT molecular complexity index is 373. The van der Waals surface area contributed by atoms with Crippen LogP contribution < -0.4 is 5.32 Å². The van der Waals surface area contributed by atoms with Gasteiger partial charge in [-0.3, -0.25) is 0 Å². The molecule has 1 nitrogen and oxygen atoms in total. The number of nitrogens with one attached hydrogen (secondary N) is 1. The van der Waals surface area contributed by atoms with E-state index >= 15 is 0 Å². The molecular formula is C15H21F2N. The highest BCUT2D eigenvalue weighted by atomic mass is 19.2. The maximum Gasteiger partial charge on any atom is 0.159 e. The summed E-state index contributed by atoms with van der Waals surface area (Å²) in [7, 11) is 0. The first kappa shape index (κ1) is 13.5. The lowest BCUT2D eigenvalue weighted by molar-refractivity contribution is 0.502. The monoisotopic (exact) mass is 253 g/mol. The van der Waals surface area contributed by atoms with E-state index in [-0.39, 0.29) is 0 Å². The lowest BCUT2D eigenvalue weighted by Crippen LogP contribution is -2.26. The predicted molar refractivity (Wildman–Crippen MR) is 69.6 cm³/mol. The van der Waals surface area contributed by atoms with Gasteiger partial charge in [0.2, 0.25) is 0 Å². The molecule has 2 rings (SSSR count). The first-order chi connectivity index (χ1) is 8.75. The molecule has 0 bridgehead atoms. The molecule has 0 heterocycles. The smallest absolute Gasteiger partial charge is 0.159 e. The molecule has 0 radical (unpaired) electrons. The van der Waals surface area contributed by atoms with Gasteiger partial charge in [-0.25, -0.2) is 8.78 Å². The molecule has 100 valence electrons. The molecule has 1 aliphatic carbocycles. The minimum atomic E-state index is -0.762. The molecule has 0 atom stereocenters. The number of halogens is 2. The van der Waals surface area contributed by atoms with Crippen LogP contribution in [0, 0.1) is 11.6 Å². The molecule has 1 saturated carbocycles. The van der Waals surface area contributed by atoms with Gasteiger partial charge in [0.25, 0.3) is 0 Å². The summed E-state index contributed by atoms with van der Waals surface area (Å²) in [6, 6.07) is 4.90. The molecule has 0 aromatic heterocycles. The second-order valence-corrected chi connectivity index (χ2v) is 5.14. The summed E-state index contributed by atoms with van der Waals surface area (Å²) in [5.74, 6) is -1.50. The van der Waals surface area contributed by atoms with Gasteiger partial charge in [0.15, 0.2) is 11.6 Å². The van der Waals surface area contributed by atoms with Crippen LogP contribution in [0.25, 0.3) is 0 Å². The van der Waals surface area contributed by atoms with Crippen LogP contribution in [0.1, 0.15) is 44.1 Å². The number of rotatable bonds is 6. The minimum absolute atomic E-state index is 0.716. The zero-order chi connectivity index (χ0) is 12.8. The highest BCUT2D eigenvalue weighted by Gasteiger charge is 2.13. The number of hydrogen-bond donors (Lipinski definition) is 1. The molecular weight excluding hydrogens is 232 g/mol. The maximum absolute atomic E-state index is 13.0. The van der Waals surface area contributed by atoms with Crippen LogP contribution in [0.4, 0.5) is 8.78 Å². The van der Waals surface area contributed by atoms with Gasteiger partial charge in [0.1, 0.15) is 0 Å². The number of unbranched alkanes of at least 4 members (excludes halogenated alkanes) is 1. The lowest BCUT2D eigenvalue weighted by Gasteiger charge is -2.11. The van der Waals surface area contributed by atoms with Crippen LogP contribution in [0.15, 0.2) is 18.2 Å². The van der Waals surface area contributed by atoms with E-state index in [1.807, 2.05) is 0 Å². The van der Waals surface area contributed by atoms with Crippen molar-refractivity contribution in [2.45, 2.75) is 51.0 Å². The Morgan fingerprint density at radius 1 is 1.06 bits per heavy atom. The Labute approximate surface area is 108 Å². The number of aryl methyl sites for hydroxylation is 1. The van der Waals surface area contributed by atoms with Gasteiger partial charge in [-0.05, 0) is 56.3 Å². The third-order valence-corrected chi connectivity index (χ3v) is 3.66. The summed E-state index contributed by atoms with van der Waals surface area (Å²) in [4.78, 5) is 0. The van der Waals surface area contributed by atoms with Crippen LogP contribution in [0.3, 0.4) is 0 Å². The highest BCUT2D eigenvalue weighted by molar-refractivity contribution is 5.17. The third kappa shape index (κ3) is 4.05. The molecule has 0 unspecified atom stereocenters. The van der Waals surface area contributed by atoms with Crippen molar-refractivity contribution in [1.29, 1.82) is 0 Å². The van der Waals surface area contributed by atoms with Gasteiger partial charge < -0.3 is 5.32 Å². The van der Waals surface area contributed by atoms with Crippen molar-refractivity contribution in [3.05, 3.63) is 35.4 Å². The minimum Gasteiger partial charge on any atom is -0.314 e. The molecule has 0 aliphatic heterocycles. The molecule has 18 heavy (non-hydrogen) atoms. The quantitative estimate of drug-likeness (QED) is 0.760. The van der Waals surface area contributed by atoms with Crippen LogP contribution in [-0.4, -0.2) is 12.6 Å². The van der Waals surface area contributed by atoms with Crippen LogP contribution >= 0.6 is 0 Å². The molecule has 1 N–H and O–H groups in total. The zero-order valence-electron chi connectivity index (χ0n) is 10.7. The summed E-state index contributed by atoms with van der Waals surface area (Å²) < 4.78 is 25.7. The first-order valence-electron chi connectivity index (χ1n) is 6.93. The van der Waals surface area contributed by atoms with E-state index < -0.39 is 11.6 Å². The fourth-order valence-corrected chi connectivity index (χ4v) is 2.59. The summed E-state index contributed by atoms with van der Waals surface area (Å²) in [5, 5.41) is 3.55.